The van der Waals surface area contributed by atoms with Crippen LogP contribution in [0.15, 0.2) is 36.4 Å². The Labute approximate surface area is 107 Å². The molecule has 1 aromatic carbocycles. The monoisotopic (exact) mass is 243 g/mol. The van der Waals surface area contributed by atoms with Gasteiger partial charge in [-0.15, -0.1) is 0 Å². The van der Waals surface area contributed by atoms with Crippen LogP contribution in [0.5, 0.6) is 11.6 Å². The standard InChI is InChI=1S/C14H17N3O/c1-9(2)10-3-5-11(6-4-10)18-13-8-7-12(15)14(16)17-13/h3-9H,15H2,1-2H3,(H2,16,17). The van der Waals surface area contributed by atoms with E-state index >= 15 is 0 Å². The minimum Gasteiger partial charge on any atom is -0.439 e. The van der Waals surface area contributed by atoms with E-state index in [1.54, 1.807) is 12.1 Å². The van der Waals surface area contributed by atoms with Crippen LogP contribution in [0.3, 0.4) is 0 Å². The molecule has 0 aliphatic heterocycles. The van der Waals surface area contributed by atoms with Gasteiger partial charge in [-0.25, -0.2) is 0 Å². The molecule has 1 heterocycles. The molecule has 2 rings (SSSR count). The molecule has 2 aromatic rings. The predicted octanol–water partition coefficient (Wildman–Crippen LogP) is 3.16. The van der Waals surface area contributed by atoms with Gasteiger partial charge < -0.3 is 16.2 Å². The lowest BCUT2D eigenvalue weighted by Crippen LogP contribution is -1.99. The van der Waals surface area contributed by atoms with Crippen LogP contribution in [-0.4, -0.2) is 4.98 Å². The Morgan fingerprint density at radius 2 is 1.67 bits per heavy atom. The summed E-state index contributed by atoms with van der Waals surface area (Å²) in [7, 11) is 0. The Kier molecular flexibility index (Phi) is 3.37. The highest BCUT2D eigenvalue weighted by molar-refractivity contribution is 5.58. The first-order valence-electron chi connectivity index (χ1n) is 5.86. The first kappa shape index (κ1) is 12.2. The molecule has 0 unspecified atom stereocenters. The van der Waals surface area contributed by atoms with Crippen LogP contribution in [0.25, 0.3) is 0 Å². The number of hydrogen-bond donors (Lipinski definition) is 2. The number of pyridine rings is 1. The van der Waals surface area contributed by atoms with Gasteiger partial charge in [-0.05, 0) is 29.7 Å². The number of aromatic nitrogens is 1. The SMILES string of the molecule is CC(C)c1ccc(Oc2ccc(N)c(N)n2)cc1. The quantitative estimate of drug-likeness (QED) is 0.868. The second-order valence-corrected chi connectivity index (χ2v) is 4.45. The molecular formula is C14H17N3O. The summed E-state index contributed by atoms with van der Waals surface area (Å²) >= 11 is 0. The molecule has 0 spiro atoms. The van der Waals surface area contributed by atoms with Gasteiger partial charge in [0.2, 0.25) is 5.88 Å². The summed E-state index contributed by atoms with van der Waals surface area (Å²) in [5, 5.41) is 0. The average molecular weight is 243 g/mol. The maximum absolute atomic E-state index is 5.62. The van der Waals surface area contributed by atoms with Gasteiger partial charge in [-0.3, -0.25) is 0 Å². The number of nitrogens with zero attached hydrogens (tertiary/aromatic N) is 1. The van der Waals surface area contributed by atoms with E-state index in [-0.39, 0.29) is 5.82 Å². The van der Waals surface area contributed by atoms with Crippen LogP contribution in [0.2, 0.25) is 0 Å². The smallest absolute Gasteiger partial charge is 0.221 e. The molecule has 0 aliphatic rings. The summed E-state index contributed by atoms with van der Waals surface area (Å²) in [6, 6.07) is 11.3. The van der Waals surface area contributed by atoms with Crippen molar-refractivity contribution in [1.29, 1.82) is 0 Å². The van der Waals surface area contributed by atoms with Gasteiger partial charge >= 0.3 is 0 Å². The van der Waals surface area contributed by atoms with Gasteiger partial charge in [0.15, 0.2) is 5.82 Å². The average Bonchev–Trinajstić information content (AvgIpc) is 2.34. The van der Waals surface area contributed by atoms with Gasteiger partial charge in [0.1, 0.15) is 5.75 Å². The Bertz CT molecular complexity index is 535. The van der Waals surface area contributed by atoms with Crippen molar-refractivity contribution in [3.05, 3.63) is 42.0 Å². The van der Waals surface area contributed by atoms with Crippen molar-refractivity contribution in [2.75, 3.05) is 11.5 Å². The summed E-state index contributed by atoms with van der Waals surface area (Å²) in [5.74, 6) is 1.96. The van der Waals surface area contributed by atoms with Gasteiger partial charge in [-0.2, -0.15) is 4.98 Å². The lowest BCUT2D eigenvalue weighted by atomic mass is 10.0. The maximum atomic E-state index is 5.62. The minimum atomic E-state index is 0.284. The first-order valence-corrected chi connectivity index (χ1v) is 5.86. The van der Waals surface area contributed by atoms with Crippen LogP contribution < -0.4 is 16.2 Å². The van der Waals surface area contributed by atoms with Crippen LogP contribution in [0, 0.1) is 0 Å². The van der Waals surface area contributed by atoms with Crippen molar-refractivity contribution in [2.24, 2.45) is 0 Å². The van der Waals surface area contributed by atoms with E-state index in [2.05, 4.69) is 18.8 Å². The molecule has 4 nitrogen and oxygen atoms in total. The zero-order valence-electron chi connectivity index (χ0n) is 10.6. The molecule has 94 valence electrons. The molecule has 0 saturated carbocycles. The molecule has 4 N–H and O–H groups in total. The molecule has 0 bridgehead atoms. The Hall–Kier alpha value is -2.23. The number of nitrogens with two attached hydrogens (primary N) is 2. The second-order valence-electron chi connectivity index (χ2n) is 4.45. The van der Waals surface area contributed by atoms with Crippen molar-refractivity contribution in [1.82, 2.24) is 4.98 Å². The zero-order valence-corrected chi connectivity index (χ0v) is 10.6. The van der Waals surface area contributed by atoms with E-state index in [0.717, 1.165) is 5.75 Å². The predicted molar refractivity (Wildman–Crippen MR) is 73.7 cm³/mol. The molecule has 0 saturated heterocycles. The number of ether oxygens (including phenoxy) is 1. The third kappa shape index (κ3) is 2.71. The molecule has 0 amide bonds. The maximum Gasteiger partial charge on any atom is 0.221 e. The summed E-state index contributed by atoms with van der Waals surface area (Å²) in [5.41, 5.74) is 12.9. The normalized spacial score (nSPS) is 10.6. The molecule has 18 heavy (non-hydrogen) atoms. The first-order chi connectivity index (χ1) is 8.56. The third-order valence-electron chi connectivity index (χ3n) is 2.70. The fourth-order valence-corrected chi connectivity index (χ4v) is 1.57. The molecule has 0 radical (unpaired) electrons. The highest BCUT2D eigenvalue weighted by Gasteiger charge is 2.03. The van der Waals surface area contributed by atoms with Gasteiger partial charge in [0.25, 0.3) is 0 Å². The van der Waals surface area contributed by atoms with E-state index < -0.39 is 0 Å². The summed E-state index contributed by atoms with van der Waals surface area (Å²) in [4.78, 5) is 4.06. The Balaban J connectivity index is 2.15. The van der Waals surface area contributed by atoms with Crippen LogP contribution in [-0.2, 0) is 0 Å². The highest BCUT2D eigenvalue weighted by atomic mass is 16.5. The second kappa shape index (κ2) is 4.96. The van der Waals surface area contributed by atoms with Crippen molar-refractivity contribution in [3.63, 3.8) is 0 Å². The summed E-state index contributed by atoms with van der Waals surface area (Å²) in [6.07, 6.45) is 0. The molecule has 0 aliphatic carbocycles. The molecule has 0 atom stereocenters. The highest BCUT2D eigenvalue weighted by Crippen LogP contribution is 2.24. The number of benzene rings is 1. The van der Waals surface area contributed by atoms with Crippen molar-refractivity contribution in [2.45, 2.75) is 19.8 Å². The molecule has 1 aromatic heterocycles. The third-order valence-corrected chi connectivity index (χ3v) is 2.70. The van der Waals surface area contributed by atoms with Crippen molar-refractivity contribution >= 4 is 11.5 Å². The lowest BCUT2D eigenvalue weighted by Gasteiger charge is -2.08. The summed E-state index contributed by atoms with van der Waals surface area (Å²) < 4.78 is 5.60. The minimum absolute atomic E-state index is 0.284. The topological polar surface area (TPSA) is 74.2 Å². The number of nitrogen functional groups attached to an aromatic ring is 2. The fraction of sp³-hybridized carbons (Fsp3) is 0.214. The van der Waals surface area contributed by atoms with Crippen molar-refractivity contribution in [3.8, 4) is 11.6 Å². The van der Waals surface area contributed by atoms with E-state index in [1.165, 1.54) is 5.56 Å². The van der Waals surface area contributed by atoms with E-state index in [9.17, 15) is 0 Å². The number of rotatable bonds is 3. The van der Waals surface area contributed by atoms with E-state index in [0.29, 0.717) is 17.5 Å². The molecule has 0 fully saturated rings. The van der Waals surface area contributed by atoms with E-state index in [4.69, 9.17) is 16.2 Å². The Morgan fingerprint density at radius 1 is 1.00 bits per heavy atom. The van der Waals surface area contributed by atoms with Crippen LogP contribution in [0.1, 0.15) is 25.3 Å². The largest absolute Gasteiger partial charge is 0.439 e. The van der Waals surface area contributed by atoms with E-state index in [1.807, 2.05) is 24.3 Å². The summed E-state index contributed by atoms with van der Waals surface area (Å²) in [6.45, 7) is 4.30. The van der Waals surface area contributed by atoms with Crippen LogP contribution >= 0.6 is 0 Å². The lowest BCUT2D eigenvalue weighted by molar-refractivity contribution is 0.464. The Morgan fingerprint density at radius 3 is 2.22 bits per heavy atom. The van der Waals surface area contributed by atoms with Gasteiger partial charge in [0, 0.05) is 6.07 Å². The van der Waals surface area contributed by atoms with Crippen LogP contribution in [0.4, 0.5) is 11.5 Å². The van der Waals surface area contributed by atoms with Gasteiger partial charge in [0.05, 0.1) is 5.69 Å². The molecular weight excluding hydrogens is 226 g/mol. The van der Waals surface area contributed by atoms with Crippen molar-refractivity contribution < 1.29 is 4.74 Å². The molecule has 4 heteroatoms. The fourth-order valence-electron chi connectivity index (χ4n) is 1.57. The zero-order chi connectivity index (χ0) is 13.1. The van der Waals surface area contributed by atoms with Gasteiger partial charge in [-0.1, -0.05) is 26.0 Å². The number of anilines is 2. The number of hydrogen-bond acceptors (Lipinski definition) is 4.